The summed E-state index contributed by atoms with van der Waals surface area (Å²) in [5.74, 6) is 0. The minimum atomic E-state index is 0.905. The summed E-state index contributed by atoms with van der Waals surface area (Å²) in [6.45, 7) is 0. The molecule has 0 N–H and O–H groups in total. The van der Waals surface area contributed by atoms with E-state index in [9.17, 15) is 0 Å². The molecule has 0 fully saturated rings. The van der Waals surface area contributed by atoms with Gasteiger partial charge in [0, 0.05) is 38.3 Å². The van der Waals surface area contributed by atoms with Crippen LogP contribution in [-0.4, -0.2) is 13.7 Å². The van der Waals surface area contributed by atoms with Gasteiger partial charge in [-0.05, 0) is 78.9 Å². The molecule has 0 bridgehead atoms. The van der Waals surface area contributed by atoms with Crippen molar-refractivity contribution in [2.75, 3.05) is 0 Å². The summed E-state index contributed by atoms with van der Waals surface area (Å²) in [7, 11) is 0. The van der Waals surface area contributed by atoms with Gasteiger partial charge >= 0.3 is 0 Å². The third-order valence-electron chi connectivity index (χ3n) is 9.80. The Hall–Kier alpha value is -6.26. The predicted octanol–water partition coefficient (Wildman–Crippen LogP) is 11.2. The number of rotatable bonds is 3. The van der Waals surface area contributed by atoms with Crippen molar-refractivity contribution in [3.63, 3.8) is 0 Å². The molecular formula is C42H25N3O. The van der Waals surface area contributed by atoms with Crippen molar-refractivity contribution in [3.8, 4) is 17.1 Å². The Morgan fingerprint density at radius 2 is 0.891 bits per heavy atom. The van der Waals surface area contributed by atoms with Gasteiger partial charge in [-0.3, -0.25) is 0 Å². The van der Waals surface area contributed by atoms with Crippen LogP contribution < -0.4 is 0 Å². The van der Waals surface area contributed by atoms with Crippen LogP contribution in [0.2, 0.25) is 0 Å². The molecule has 0 saturated heterocycles. The van der Waals surface area contributed by atoms with Crippen molar-refractivity contribution in [3.05, 3.63) is 152 Å². The average Bonchev–Trinajstić information content (AvgIpc) is 3.85. The molecule has 0 aliphatic rings. The molecular weight excluding hydrogens is 562 g/mol. The van der Waals surface area contributed by atoms with Crippen LogP contribution in [0.15, 0.2) is 156 Å². The number of aromatic nitrogens is 3. The van der Waals surface area contributed by atoms with E-state index < -0.39 is 0 Å². The van der Waals surface area contributed by atoms with Crippen molar-refractivity contribution < 1.29 is 4.42 Å². The van der Waals surface area contributed by atoms with E-state index >= 15 is 0 Å². The lowest BCUT2D eigenvalue weighted by Gasteiger charge is -2.13. The van der Waals surface area contributed by atoms with Crippen molar-refractivity contribution >= 4 is 76.6 Å². The fraction of sp³-hybridized carbons (Fsp3) is 0. The molecule has 0 aliphatic carbocycles. The second kappa shape index (κ2) is 8.68. The maximum absolute atomic E-state index is 6.30. The van der Waals surface area contributed by atoms with Crippen LogP contribution in [0.1, 0.15) is 0 Å². The van der Waals surface area contributed by atoms with Crippen LogP contribution in [0.3, 0.4) is 0 Å². The van der Waals surface area contributed by atoms with Crippen LogP contribution in [-0.2, 0) is 0 Å². The van der Waals surface area contributed by atoms with Crippen molar-refractivity contribution in [1.29, 1.82) is 0 Å². The number of para-hydroxylation sites is 3. The first-order chi connectivity index (χ1) is 22.8. The monoisotopic (exact) mass is 587 g/mol. The Morgan fingerprint density at radius 3 is 1.67 bits per heavy atom. The van der Waals surface area contributed by atoms with Crippen LogP contribution in [0, 0.1) is 0 Å². The zero-order chi connectivity index (χ0) is 29.9. The summed E-state index contributed by atoms with van der Waals surface area (Å²) in [6.07, 6.45) is 0. The molecule has 0 saturated carbocycles. The number of fused-ring (bicyclic) bond motifs is 6. The van der Waals surface area contributed by atoms with E-state index in [1.165, 1.54) is 60.3 Å². The number of hydrogen-bond acceptors (Lipinski definition) is 1. The van der Waals surface area contributed by atoms with Gasteiger partial charge in [0.1, 0.15) is 11.2 Å². The molecule has 11 aromatic rings. The van der Waals surface area contributed by atoms with E-state index in [0.29, 0.717) is 0 Å². The molecule has 214 valence electrons. The van der Waals surface area contributed by atoms with Gasteiger partial charge < -0.3 is 18.1 Å². The predicted molar refractivity (Wildman–Crippen MR) is 190 cm³/mol. The van der Waals surface area contributed by atoms with Gasteiger partial charge in [0.05, 0.1) is 44.2 Å². The van der Waals surface area contributed by atoms with E-state index in [0.717, 1.165) is 33.3 Å². The Kier molecular flexibility index (Phi) is 4.55. The van der Waals surface area contributed by atoms with Gasteiger partial charge in [-0.25, -0.2) is 0 Å². The van der Waals surface area contributed by atoms with Gasteiger partial charge in [0.2, 0.25) is 0 Å². The third kappa shape index (κ3) is 2.98. The van der Waals surface area contributed by atoms with Crippen LogP contribution >= 0.6 is 0 Å². The zero-order valence-corrected chi connectivity index (χ0v) is 24.7. The highest BCUT2D eigenvalue weighted by Crippen LogP contribution is 2.45. The van der Waals surface area contributed by atoms with E-state index in [-0.39, 0.29) is 0 Å². The molecule has 0 spiro atoms. The van der Waals surface area contributed by atoms with Gasteiger partial charge in [-0.15, -0.1) is 0 Å². The summed E-state index contributed by atoms with van der Waals surface area (Å²) < 4.78 is 13.5. The van der Waals surface area contributed by atoms with Gasteiger partial charge in [0.15, 0.2) is 0 Å². The second-order valence-electron chi connectivity index (χ2n) is 12.2. The molecule has 11 rings (SSSR count). The zero-order valence-electron chi connectivity index (χ0n) is 24.7. The smallest absolute Gasteiger partial charge is 0.137 e. The van der Waals surface area contributed by atoms with Gasteiger partial charge in [-0.1, -0.05) is 72.8 Å². The number of hydrogen-bond donors (Lipinski definition) is 0. The van der Waals surface area contributed by atoms with Crippen molar-refractivity contribution in [2.24, 2.45) is 0 Å². The molecule has 0 aliphatic heterocycles. The molecule has 4 aromatic heterocycles. The highest BCUT2D eigenvalue weighted by Gasteiger charge is 2.24. The number of nitrogens with zero attached hydrogens (tertiary/aromatic N) is 3. The quantitative estimate of drug-likeness (QED) is 0.202. The third-order valence-corrected chi connectivity index (χ3v) is 9.80. The van der Waals surface area contributed by atoms with E-state index in [1.807, 2.05) is 6.07 Å². The fourth-order valence-electron chi connectivity index (χ4n) is 8.01. The fourth-order valence-corrected chi connectivity index (χ4v) is 8.01. The van der Waals surface area contributed by atoms with Gasteiger partial charge in [-0.2, -0.15) is 0 Å². The molecule has 0 atom stereocenters. The van der Waals surface area contributed by atoms with E-state index in [4.69, 9.17) is 4.42 Å². The van der Waals surface area contributed by atoms with Crippen molar-refractivity contribution in [1.82, 2.24) is 13.7 Å². The first-order valence-electron chi connectivity index (χ1n) is 15.7. The molecule has 4 nitrogen and oxygen atoms in total. The molecule has 0 unspecified atom stereocenters. The topological polar surface area (TPSA) is 27.9 Å². The highest BCUT2D eigenvalue weighted by atomic mass is 16.3. The summed E-state index contributed by atoms with van der Waals surface area (Å²) in [4.78, 5) is 0. The standard InChI is InChI=1S/C42H25N3O/c1-2-11-26(12-3-1)43-31-15-6-4-13-28(31)30-25-27(23-24-32(30)43)44-34-16-8-18-36-41(34)42-35(44)17-9-19-37(42)45(36)33-20-10-22-39-40(33)29-14-5-7-21-38(29)46-39/h1-25H. The molecule has 4 heteroatoms. The Morgan fingerprint density at radius 1 is 0.326 bits per heavy atom. The second-order valence-corrected chi connectivity index (χ2v) is 12.2. The largest absolute Gasteiger partial charge is 0.456 e. The number of benzene rings is 7. The molecule has 0 amide bonds. The first kappa shape index (κ1) is 24.1. The molecule has 4 heterocycles. The van der Waals surface area contributed by atoms with E-state index in [2.05, 4.69) is 159 Å². The molecule has 46 heavy (non-hydrogen) atoms. The average molecular weight is 588 g/mol. The van der Waals surface area contributed by atoms with Gasteiger partial charge in [0.25, 0.3) is 0 Å². The minimum Gasteiger partial charge on any atom is -0.456 e. The summed E-state index contributed by atoms with van der Waals surface area (Å²) in [5.41, 5.74) is 12.5. The maximum Gasteiger partial charge on any atom is 0.137 e. The Bertz CT molecular complexity index is 2900. The van der Waals surface area contributed by atoms with Crippen LogP contribution in [0.25, 0.3) is 93.6 Å². The van der Waals surface area contributed by atoms with Crippen LogP contribution in [0.4, 0.5) is 0 Å². The van der Waals surface area contributed by atoms with Crippen LogP contribution in [0.5, 0.6) is 0 Å². The van der Waals surface area contributed by atoms with E-state index in [1.54, 1.807) is 0 Å². The highest BCUT2D eigenvalue weighted by molar-refractivity contribution is 6.26. The SMILES string of the molecule is c1ccc(-n2c3ccccc3c3cc(-n4c5cccc6c5c5c4cccc5n6-c4cccc5oc6ccccc6c45)ccc32)cc1. The lowest BCUT2D eigenvalue weighted by molar-refractivity contribution is 0.669. The lowest BCUT2D eigenvalue weighted by atomic mass is 10.1. The summed E-state index contributed by atoms with van der Waals surface area (Å²) in [6, 6.07) is 54.4. The summed E-state index contributed by atoms with van der Waals surface area (Å²) in [5, 5.41) is 7.34. The lowest BCUT2D eigenvalue weighted by Crippen LogP contribution is -1.98. The minimum absolute atomic E-state index is 0.905. The first-order valence-corrected chi connectivity index (χ1v) is 15.7. The Balaban J connectivity index is 1.21. The Labute approximate surface area is 262 Å². The molecule has 0 radical (unpaired) electrons. The maximum atomic E-state index is 6.30. The number of furan rings is 1. The van der Waals surface area contributed by atoms with Crippen molar-refractivity contribution in [2.45, 2.75) is 0 Å². The molecule has 7 aromatic carbocycles. The normalized spacial score (nSPS) is 12.3. The summed E-state index contributed by atoms with van der Waals surface area (Å²) >= 11 is 0.